The second-order valence-corrected chi connectivity index (χ2v) is 8.59. The zero-order valence-electron chi connectivity index (χ0n) is 19.8. The molecule has 35 heavy (non-hydrogen) atoms. The van der Waals surface area contributed by atoms with E-state index in [1.807, 2.05) is 48.5 Å². The van der Waals surface area contributed by atoms with Crippen LogP contribution in [0.5, 0.6) is 11.5 Å². The van der Waals surface area contributed by atoms with E-state index in [2.05, 4.69) is 10.1 Å². The van der Waals surface area contributed by atoms with Crippen molar-refractivity contribution in [1.29, 1.82) is 0 Å². The molecule has 0 radical (unpaired) electrons. The molecule has 2 aromatic heterocycles. The van der Waals surface area contributed by atoms with Crippen molar-refractivity contribution in [1.82, 2.24) is 15.0 Å². The van der Waals surface area contributed by atoms with Crippen molar-refractivity contribution >= 4 is 5.91 Å². The van der Waals surface area contributed by atoms with Crippen LogP contribution in [-0.4, -0.2) is 48.3 Å². The number of benzene rings is 2. The van der Waals surface area contributed by atoms with Crippen LogP contribution in [0, 0.1) is 0 Å². The highest BCUT2D eigenvalue weighted by Crippen LogP contribution is 2.29. The van der Waals surface area contributed by atoms with Gasteiger partial charge < -0.3 is 23.3 Å². The molecule has 1 aliphatic rings. The van der Waals surface area contributed by atoms with Crippen molar-refractivity contribution in [2.45, 2.75) is 25.2 Å². The Morgan fingerprint density at radius 2 is 1.91 bits per heavy atom. The van der Waals surface area contributed by atoms with Gasteiger partial charge in [-0.3, -0.25) is 4.79 Å². The molecule has 0 aliphatic carbocycles. The topological polar surface area (TPSA) is 90.8 Å². The number of hydrogen-bond acceptors (Lipinski definition) is 7. The molecule has 1 amide bonds. The highest BCUT2D eigenvalue weighted by Gasteiger charge is 2.30. The van der Waals surface area contributed by atoms with E-state index in [-0.39, 0.29) is 17.6 Å². The molecule has 1 saturated heterocycles. The summed E-state index contributed by atoms with van der Waals surface area (Å²) in [4.78, 5) is 19.5. The molecule has 1 fully saturated rings. The van der Waals surface area contributed by atoms with E-state index < -0.39 is 0 Å². The van der Waals surface area contributed by atoms with Gasteiger partial charge in [0.1, 0.15) is 23.0 Å². The van der Waals surface area contributed by atoms with Gasteiger partial charge in [0.15, 0.2) is 5.89 Å². The van der Waals surface area contributed by atoms with Crippen molar-refractivity contribution in [3.63, 3.8) is 0 Å². The lowest BCUT2D eigenvalue weighted by molar-refractivity contribution is 0.0656. The van der Waals surface area contributed by atoms with E-state index in [0.717, 1.165) is 41.2 Å². The summed E-state index contributed by atoms with van der Waals surface area (Å²) < 4.78 is 22.0. The first-order chi connectivity index (χ1) is 17.1. The third-order valence-corrected chi connectivity index (χ3v) is 6.25. The van der Waals surface area contributed by atoms with Crippen LogP contribution in [0.1, 0.15) is 46.5 Å². The molecule has 8 nitrogen and oxygen atoms in total. The average Bonchev–Trinajstić information content (AvgIpc) is 3.59. The second-order valence-electron chi connectivity index (χ2n) is 8.59. The lowest BCUT2D eigenvalue weighted by Crippen LogP contribution is -2.39. The highest BCUT2D eigenvalue weighted by molar-refractivity contribution is 5.92. The molecule has 0 bridgehead atoms. The lowest BCUT2D eigenvalue weighted by atomic mass is 9.97. The van der Waals surface area contributed by atoms with Gasteiger partial charge in [-0.1, -0.05) is 29.4 Å². The molecule has 4 aromatic rings. The molecule has 1 atom stereocenters. The molecule has 8 heteroatoms. The summed E-state index contributed by atoms with van der Waals surface area (Å²) in [5.41, 5.74) is 2.54. The normalized spacial score (nSPS) is 15.7. The number of amides is 1. The van der Waals surface area contributed by atoms with E-state index in [9.17, 15) is 4.79 Å². The number of piperidine rings is 1. The van der Waals surface area contributed by atoms with Crippen LogP contribution in [0.4, 0.5) is 0 Å². The number of likely N-dealkylation sites (tertiary alicyclic amines) is 1. The fourth-order valence-corrected chi connectivity index (χ4v) is 4.35. The van der Waals surface area contributed by atoms with Gasteiger partial charge in [0.25, 0.3) is 5.91 Å². The number of carbonyl (C=O) groups excluding carboxylic acids is 1. The summed E-state index contributed by atoms with van der Waals surface area (Å²) in [7, 11) is 3.26. The first-order valence-electron chi connectivity index (χ1n) is 11.6. The number of nitrogens with zero attached hydrogens (tertiary/aromatic N) is 3. The molecule has 5 rings (SSSR count). The van der Waals surface area contributed by atoms with E-state index in [4.69, 9.17) is 18.4 Å². The summed E-state index contributed by atoms with van der Waals surface area (Å²) >= 11 is 0. The van der Waals surface area contributed by atoms with E-state index in [0.29, 0.717) is 31.1 Å². The number of oxazole rings is 1. The zero-order chi connectivity index (χ0) is 24.2. The van der Waals surface area contributed by atoms with Gasteiger partial charge in [-0.15, -0.1) is 0 Å². The number of methoxy groups -OCH3 is 2. The van der Waals surface area contributed by atoms with Gasteiger partial charge >= 0.3 is 0 Å². The number of hydrogen-bond donors (Lipinski definition) is 0. The molecular weight excluding hydrogens is 446 g/mol. The fraction of sp³-hybridized carbons (Fsp3) is 0.296. The Bertz CT molecular complexity index is 1290. The molecule has 0 unspecified atom stereocenters. The lowest BCUT2D eigenvalue weighted by Gasteiger charge is -2.30. The molecule has 3 heterocycles. The summed E-state index contributed by atoms with van der Waals surface area (Å²) in [6.07, 6.45) is 4.20. The maximum absolute atomic E-state index is 13.1. The predicted molar refractivity (Wildman–Crippen MR) is 129 cm³/mol. The van der Waals surface area contributed by atoms with Gasteiger partial charge in [-0.25, -0.2) is 4.98 Å². The Labute approximate surface area is 203 Å². The van der Waals surface area contributed by atoms with Crippen LogP contribution >= 0.6 is 0 Å². The third-order valence-electron chi connectivity index (χ3n) is 6.25. The second kappa shape index (κ2) is 10.0. The Hall–Kier alpha value is -4.07. The number of aromatic nitrogens is 2. The highest BCUT2D eigenvalue weighted by atomic mass is 16.5. The largest absolute Gasteiger partial charge is 0.497 e. The van der Waals surface area contributed by atoms with Crippen molar-refractivity contribution in [2.24, 2.45) is 0 Å². The number of rotatable bonds is 7. The Morgan fingerprint density at radius 1 is 1.09 bits per heavy atom. The molecule has 180 valence electrons. The molecule has 2 aromatic carbocycles. The van der Waals surface area contributed by atoms with Crippen molar-refractivity contribution in [3.05, 3.63) is 83.8 Å². The van der Waals surface area contributed by atoms with Crippen LogP contribution in [0.15, 0.2) is 69.7 Å². The minimum Gasteiger partial charge on any atom is -0.497 e. The van der Waals surface area contributed by atoms with Crippen LogP contribution < -0.4 is 9.47 Å². The minimum atomic E-state index is -0.179. The average molecular weight is 474 g/mol. The van der Waals surface area contributed by atoms with Gasteiger partial charge in [0.05, 0.1) is 26.3 Å². The summed E-state index contributed by atoms with van der Waals surface area (Å²) in [6.45, 7) is 1.18. The number of carbonyl (C=O) groups is 1. The van der Waals surface area contributed by atoms with Crippen LogP contribution in [-0.2, 0) is 6.42 Å². The predicted octanol–water partition coefficient (Wildman–Crippen LogP) is 4.96. The smallest absolute Gasteiger partial charge is 0.292 e. The monoisotopic (exact) mass is 473 g/mol. The molecule has 0 spiro atoms. The standard InChI is InChI=1S/C27H27N3O5/c1-32-21-10-8-18(9-11-21)13-23-16-28-26(34-23)20-6-4-12-30(17-20)27(31)25-15-24(29-35-25)19-5-3-7-22(14-19)33-2/h3,5,7-11,14-16,20H,4,6,12-13,17H2,1-2H3/t20-/m0/s1. The summed E-state index contributed by atoms with van der Waals surface area (Å²) in [6, 6.07) is 17.1. The minimum absolute atomic E-state index is 0.0399. The zero-order valence-corrected chi connectivity index (χ0v) is 19.8. The van der Waals surface area contributed by atoms with E-state index in [1.54, 1.807) is 31.4 Å². The van der Waals surface area contributed by atoms with Gasteiger partial charge in [-0.2, -0.15) is 0 Å². The van der Waals surface area contributed by atoms with Crippen molar-refractivity contribution < 1.29 is 23.2 Å². The molecule has 1 aliphatic heterocycles. The molecule has 0 saturated carbocycles. The quantitative estimate of drug-likeness (QED) is 0.375. The maximum Gasteiger partial charge on any atom is 0.292 e. The third kappa shape index (κ3) is 5.06. The van der Waals surface area contributed by atoms with Crippen molar-refractivity contribution in [3.8, 4) is 22.8 Å². The summed E-state index contributed by atoms with van der Waals surface area (Å²) in [5.74, 6) is 3.08. The van der Waals surface area contributed by atoms with Crippen LogP contribution in [0.25, 0.3) is 11.3 Å². The Morgan fingerprint density at radius 3 is 2.71 bits per heavy atom. The van der Waals surface area contributed by atoms with Crippen LogP contribution in [0.2, 0.25) is 0 Å². The first kappa shape index (κ1) is 22.7. The van der Waals surface area contributed by atoms with E-state index in [1.165, 1.54) is 0 Å². The molecular formula is C27H27N3O5. The maximum atomic E-state index is 13.1. The van der Waals surface area contributed by atoms with Crippen molar-refractivity contribution in [2.75, 3.05) is 27.3 Å². The van der Waals surface area contributed by atoms with E-state index >= 15 is 0 Å². The molecule has 0 N–H and O–H groups in total. The van der Waals surface area contributed by atoms with Crippen LogP contribution in [0.3, 0.4) is 0 Å². The summed E-state index contributed by atoms with van der Waals surface area (Å²) in [5, 5.41) is 4.09. The fourth-order valence-electron chi connectivity index (χ4n) is 4.35. The van der Waals surface area contributed by atoms with Gasteiger partial charge in [0, 0.05) is 31.1 Å². The Kier molecular flexibility index (Phi) is 6.52. The SMILES string of the molecule is COc1ccc(Cc2cnc([C@H]3CCCN(C(=O)c4cc(-c5cccc(OC)c5)no4)C3)o2)cc1. The number of ether oxygens (including phenoxy) is 2. The van der Waals surface area contributed by atoms with Gasteiger partial charge in [0.2, 0.25) is 5.76 Å². The first-order valence-corrected chi connectivity index (χ1v) is 11.6. The Balaban J connectivity index is 1.24. The van der Waals surface area contributed by atoms with Gasteiger partial charge in [-0.05, 0) is 42.7 Å².